The maximum absolute atomic E-state index is 13.1. The lowest BCUT2D eigenvalue weighted by Crippen LogP contribution is -2.27. The van der Waals surface area contributed by atoms with Gasteiger partial charge in [0.15, 0.2) is 16.6 Å². The van der Waals surface area contributed by atoms with Crippen LogP contribution in [0.1, 0.15) is 49.1 Å². The molecule has 3 aliphatic rings. The van der Waals surface area contributed by atoms with E-state index in [1.165, 1.54) is 11.3 Å². The topological polar surface area (TPSA) is 83.9 Å². The Bertz CT molecular complexity index is 926. The molecule has 0 spiro atoms. The van der Waals surface area contributed by atoms with E-state index in [0.717, 1.165) is 48.4 Å². The molecule has 7 nitrogen and oxygen atoms in total. The van der Waals surface area contributed by atoms with Gasteiger partial charge in [0.1, 0.15) is 0 Å². The first kappa shape index (κ1) is 18.8. The van der Waals surface area contributed by atoms with Gasteiger partial charge < -0.3 is 19.9 Å². The molecular formula is C21H25N3O4S. The van der Waals surface area contributed by atoms with Crippen molar-refractivity contribution in [2.45, 2.75) is 50.2 Å². The second kappa shape index (κ2) is 7.27. The van der Waals surface area contributed by atoms with E-state index >= 15 is 0 Å². The molecule has 1 saturated heterocycles. The third-order valence-electron chi connectivity index (χ3n) is 6.20. The first-order valence-corrected chi connectivity index (χ1v) is 11.0. The van der Waals surface area contributed by atoms with Crippen LogP contribution in [0, 0.1) is 0 Å². The molecular weight excluding hydrogens is 390 g/mol. The maximum Gasteiger partial charge on any atom is 0.236 e. The van der Waals surface area contributed by atoms with E-state index in [1.54, 1.807) is 0 Å². The smallest absolute Gasteiger partial charge is 0.236 e. The maximum atomic E-state index is 13.1. The predicted octanol–water partition coefficient (Wildman–Crippen LogP) is 3.06. The molecule has 29 heavy (non-hydrogen) atoms. The third kappa shape index (κ3) is 3.39. The fourth-order valence-electron chi connectivity index (χ4n) is 4.37. The summed E-state index contributed by atoms with van der Waals surface area (Å²) in [5, 5.41) is 13.5. The molecule has 1 amide bonds. The number of nitrogens with zero attached hydrogens (tertiary/aromatic N) is 2. The fraction of sp³-hybridized carbons (Fsp3) is 0.524. The highest BCUT2D eigenvalue weighted by atomic mass is 32.1. The van der Waals surface area contributed by atoms with Crippen LogP contribution in [0.2, 0.25) is 0 Å². The average Bonchev–Trinajstić information content (AvgIpc) is 3.04. The van der Waals surface area contributed by atoms with Crippen molar-refractivity contribution in [1.82, 2.24) is 9.88 Å². The van der Waals surface area contributed by atoms with Gasteiger partial charge in [0.25, 0.3) is 0 Å². The van der Waals surface area contributed by atoms with Crippen molar-refractivity contribution in [3.8, 4) is 11.5 Å². The largest absolute Gasteiger partial charge is 0.454 e. The highest BCUT2D eigenvalue weighted by Crippen LogP contribution is 2.51. The standard InChI is InChI=1S/C21H25N3O4S/c1-2-15(24-8-5-14(25)11-24)18-10-22-20(29-18)23-19(26)21(6-7-21)13-3-4-16-17(9-13)28-12-27-16/h3-4,9-10,14-15,25H,2,5-8,11-12H2,1H3,(H,22,23,26)/t14-,15?/m1/s1. The molecule has 3 heterocycles. The summed E-state index contributed by atoms with van der Waals surface area (Å²) in [6.07, 6.45) is 5.02. The molecule has 5 rings (SSSR count). The van der Waals surface area contributed by atoms with Crippen LogP contribution in [0.25, 0.3) is 0 Å². The molecule has 1 aromatic heterocycles. The first-order valence-electron chi connectivity index (χ1n) is 10.2. The van der Waals surface area contributed by atoms with Gasteiger partial charge in [-0.25, -0.2) is 4.98 Å². The van der Waals surface area contributed by atoms with E-state index in [-0.39, 0.29) is 24.8 Å². The Morgan fingerprint density at radius 2 is 2.24 bits per heavy atom. The Balaban J connectivity index is 1.30. The van der Waals surface area contributed by atoms with Gasteiger partial charge in [-0.15, -0.1) is 11.3 Å². The van der Waals surface area contributed by atoms with Crippen molar-refractivity contribution in [3.05, 3.63) is 34.8 Å². The molecule has 1 aliphatic carbocycles. The van der Waals surface area contributed by atoms with Gasteiger partial charge in [-0.05, 0) is 43.4 Å². The number of aromatic nitrogens is 1. The van der Waals surface area contributed by atoms with Gasteiger partial charge in [-0.1, -0.05) is 13.0 Å². The van der Waals surface area contributed by atoms with Gasteiger partial charge in [0.05, 0.1) is 11.5 Å². The minimum Gasteiger partial charge on any atom is -0.454 e. The van der Waals surface area contributed by atoms with E-state index in [0.29, 0.717) is 17.4 Å². The number of carbonyl (C=O) groups excluding carboxylic acids is 1. The number of anilines is 1. The molecule has 0 bridgehead atoms. The highest BCUT2D eigenvalue weighted by Gasteiger charge is 2.52. The molecule has 0 radical (unpaired) electrons. The van der Waals surface area contributed by atoms with Crippen molar-refractivity contribution < 1.29 is 19.4 Å². The SMILES string of the molecule is CCC(c1cnc(NC(=O)C2(c3ccc4c(c3)OCO4)CC2)s1)N1CC[C@@H](O)C1. The number of ether oxygens (including phenoxy) is 2. The Morgan fingerprint density at radius 3 is 2.97 bits per heavy atom. The molecule has 8 heteroatoms. The van der Waals surface area contributed by atoms with Crippen LogP contribution in [0.3, 0.4) is 0 Å². The molecule has 1 aromatic carbocycles. The zero-order valence-electron chi connectivity index (χ0n) is 16.4. The zero-order chi connectivity index (χ0) is 20.0. The average molecular weight is 416 g/mol. The lowest BCUT2D eigenvalue weighted by Gasteiger charge is -2.25. The van der Waals surface area contributed by atoms with Gasteiger partial charge in [0, 0.05) is 30.2 Å². The molecule has 2 fully saturated rings. The number of amides is 1. The second-order valence-electron chi connectivity index (χ2n) is 8.03. The summed E-state index contributed by atoms with van der Waals surface area (Å²) < 4.78 is 10.8. The van der Waals surface area contributed by atoms with Gasteiger partial charge in [-0.3, -0.25) is 9.69 Å². The van der Waals surface area contributed by atoms with Gasteiger partial charge in [0.2, 0.25) is 12.7 Å². The summed E-state index contributed by atoms with van der Waals surface area (Å²) in [5.74, 6) is 1.42. The lowest BCUT2D eigenvalue weighted by molar-refractivity contribution is -0.118. The Morgan fingerprint density at radius 1 is 1.41 bits per heavy atom. The number of fused-ring (bicyclic) bond motifs is 1. The molecule has 2 aliphatic heterocycles. The molecule has 1 unspecified atom stereocenters. The molecule has 1 saturated carbocycles. The third-order valence-corrected chi connectivity index (χ3v) is 7.22. The number of nitrogens with one attached hydrogen (secondary N) is 1. The van der Waals surface area contributed by atoms with Crippen LogP contribution in [0.5, 0.6) is 11.5 Å². The van der Waals surface area contributed by atoms with Crippen molar-refractivity contribution in [1.29, 1.82) is 0 Å². The van der Waals surface area contributed by atoms with E-state index < -0.39 is 5.41 Å². The fourth-order valence-corrected chi connectivity index (χ4v) is 5.40. The number of aliphatic hydroxyl groups is 1. The number of hydrogen-bond donors (Lipinski definition) is 2. The summed E-state index contributed by atoms with van der Waals surface area (Å²) in [5.41, 5.74) is 0.462. The molecule has 154 valence electrons. The van der Waals surface area contributed by atoms with Crippen LogP contribution < -0.4 is 14.8 Å². The molecule has 2 N–H and O–H groups in total. The number of aliphatic hydroxyl groups excluding tert-OH is 1. The highest BCUT2D eigenvalue weighted by molar-refractivity contribution is 7.15. The quantitative estimate of drug-likeness (QED) is 0.754. The van der Waals surface area contributed by atoms with Crippen LogP contribution in [-0.4, -0.2) is 46.9 Å². The number of thiazole rings is 1. The second-order valence-corrected chi connectivity index (χ2v) is 9.10. The number of benzene rings is 1. The van der Waals surface area contributed by atoms with Crippen molar-refractivity contribution >= 4 is 22.4 Å². The molecule has 2 aromatic rings. The normalized spacial score (nSPS) is 23.2. The Labute approximate surface area is 173 Å². The first-order chi connectivity index (χ1) is 14.1. The summed E-state index contributed by atoms with van der Waals surface area (Å²) in [6, 6.07) is 6.00. The summed E-state index contributed by atoms with van der Waals surface area (Å²) in [6.45, 7) is 3.97. The van der Waals surface area contributed by atoms with E-state index in [2.05, 4.69) is 22.1 Å². The summed E-state index contributed by atoms with van der Waals surface area (Å²) in [7, 11) is 0. The Kier molecular flexibility index (Phi) is 4.72. The zero-order valence-corrected chi connectivity index (χ0v) is 17.2. The van der Waals surface area contributed by atoms with E-state index in [4.69, 9.17) is 9.47 Å². The number of likely N-dealkylation sites (tertiary alicyclic amines) is 1. The summed E-state index contributed by atoms with van der Waals surface area (Å²) in [4.78, 5) is 21.0. The number of hydrogen-bond acceptors (Lipinski definition) is 7. The predicted molar refractivity (Wildman–Crippen MR) is 109 cm³/mol. The van der Waals surface area contributed by atoms with Crippen LogP contribution in [-0.2, 0) is 10.2 Å². The monoisotopic (exact) mass is 415 g/mol. The van der Waals surface area contributed by atoms with Crippen molar-refractivity contribution in [3.63, 3.8) is 0 Å². The van der Waals surface area contributed by atoms with E-state index in [9.17, 15) is 9.90 Å². The van der Waals surface area contributed by atoms with Crippen molar-refractivity contribution in [2.24, 2.45) is 0 Å². The molecule has 2 atom stereocenters. The van der Waals surface area contributed by atoms with Crippen LogP contribution in [0.15, 0.2) is 24.4 Å². The van der Waals surface area contributed by atoms with Crippen LogP contribution in [0.4, 0.5) is 5.13 Å². The number of rotatable bonds is 6. The summed E-state index contributed by atoms with van der Waals surface area (Å²) >= 11 is 1.53. The van der Waals surface area contributed by atoms with Crippen molar-refractivity contribution in [2.75, 3.05) is 25.2 Å². The lowest BCUT2D eigenvalue weighted by atomic mass is 9.94. The number of carbonyl (C=O) groups is 1. The van der Waals surface area contributed by atoms with Gasteiger partial charge in [-0.2, -0.15) is 0 Å². The minimum atomic E-state index is -0.504. The van der Waals surface area contributed by atoms with Crippen LogP contribution >= 0.6 is 11.3 Å². The Hall–Kier alpha value is -2.16. The van der Waals surface area contributed by atoms with E-state index in [1.807, 2.05) is 24.4 Å². The van der Waals surface area contributed by atoms with Gasteiger partial charge >= 0.3 is 0 Å². The minimum absolute atomic E-state index is 0.0121. The number of β-amino-alcohol motifs (C(OH)–C–C–N with tert-alkyl or cyclic N) is 1.